The lowest BCUT2D eigenvalue weighted by Crippen LogP contribution is -2.07. The fraction of sp³-hybridized carbons (Fsp3) is 0.0667. The molecule has 5 nitrogen and oxygen atoms in total. The van der Waals surface area contributed by atoms with E-state index < -0.39 is 0 Å². The molecule has 0 radical (unpaired) electrons. The lowest BCUT2D eigenvalue weighted by atomic mass is 10.1. The Hall–Kier alpha value is -2.82. The van der Waals surface area contributed by atoms with Crippen molar-refractivity contribution in [3.05, 3.63) is 52.9 Å². The molecular formula is C15H10N2O3. The molecule has 0 atom stereocenters. The Kier molecular flexibility index (Phi) is 2.26. The van der Waals surface area contributed by atoms with Crippen molar-refractivity contribution >= 4 is 10.9 Å². The average Bonchev–Trinajstić information content (AvgIpc) is 2.94. The zero-order valence-corrected chi connectivity index (χ0v) is 10.4. The maximum absolute atomic E-state index is 12.1. The van der Waals surface area contributed by atoms with Gasteiger partial charge < -0.3 is 14.5 Å². The molecule has 0 saturated heterocycles. The molecule has 3 heterocycles. The van der Waals surface area contributed by atoms with Crippen molar-refractivity contribution in [1.82, 2.24) is 9.97 Å². The lowest BCUT2D eigenvalue weighted by molar-refractivity contribution is 0.174. The smallest absolute Gasteiger partial charge is 0.257 e. The number of nitrogens with one attached hydrogen (secondary N) is 1. The second kappa shape index (κ2) is 4.09. The Bertz CT molecular complexity index is 870. The van der Waals surface area contributed by atoms with Gasteiger partial charge in [0.1, 0.15) is 0 Å². The highest BCUT2D eigenvalue weighted by atomic mass is 16.7. The van der Waals surface area contributed by atoms with Crippen molar-refractivity contribution in [2.24, 2.45) is 0 Å². The van der Waals surface area contributed by atoms with Crippen molar-refractivity contribution in [2.45, 2.75) is 0 Å². The Morgan fingerprint density at radius 1 is 1.10 bits per heavy atom. The molecule has 3 aromatic rings. The van der Waals surface area contributed by atoms with E-state index in [2.05, 4.69) is 9.97 Å². The monoisotopic (exact) mass is 266 g/mol. The van der Waals surface area contributed by atoms with Crippen LogP contribution in [0.3, 0.4) is 0 Å². The molecule has 1 N–H and O–H groups in total. The van der Waals surface area contributed by atoms with Crippen molar-refractivity contribution < 1.29 is 9.47 Å². The van der Waals surface area contributed by atoms with E-state index in [-0.39, 0.29) is 12.4 Å². The fourth-order valence-electron chi connectivity index (χ4n) is 2.31. The summed E-state index contributed by atoms with van der Waals surface area (Å²) in [4.78, 5) is 19.1. The molecule has 0 unspecified atom stereocenters. The van der Waals surface area contributed by atoms with Crippen molar-refractivity contribution in [3.8, 4) is 22.8 Å². The first kappa shape index (κ1) is 11.0. The molecule has 0 saturated carbocycles. The summed E-state index contributed by atoms with van der Waals surface area (Å²) in [5, 5.41) is 0.581. The molecule has 5 heteroatoms. The quantitative estimate of drug-likeness (QED) is 0.734. The lowest BCUT2D eigenvalue weighted by Gasteiger charge is -2.04. The third-order valence-electron chi connectivity index (χ3n) is 3.30. The highest BCUT2D eigenvalue weighted by Gasteiger charge is 2.14. The van der Waals surface area contributed by atoms with Crippen molar-refractivity contribution in [2.75, 3.05) is 6.79 Å². The zero-order chi connectivity index (χ0) is 13.5. The topological polar surface area (TPSA) is 64.2 Å². The third-order valence-corrected chi connectivity index (χ3v) is 3.30. The van der Waals surface area contributed by atoms with Crippen LogP contribution >= 0.6 is 0 Å². The van der Waals surface area contributed by atoms with Gasteiger partial charge in [-0.1, -0.05) is 0 Å². The number of fused-ring (bicyclic) bond motifs is 2. The van der Waals surface area contributed by atoms with Gasteiger partial charge in [-0.05, 0) is 36.4 Å². The number of aromatic nitrogens is 2. The first-order valence-electron chi connectivity index (χ1n) is 6.19. The molecule has 2 aromatic heterocycles. The number of ether oxygens (including phenoxy) is 2. The maximum atomic E-state index is 12.1. The number of aromatic amines is 1. The van der Waals surface area contributed by atoms with Crippen molar-refractivity contribution in [1.29, 1.82) is 0 Å². The van der Waals surface area contributed by atoms with Gasteiger partial charge in [-0.15, -0.1) is 0 Å². The van der Waals surface area contributed by atoms with Crippen LogP contribution in [0.25, 0.3) is 22.2 Å². The van der Waals surface area contributed by atoms with Crippen LogP contribution in [0.5, 0.6) is 11.5 Å². The molecule has 0 bridgehead atoms. The molecule has 98 valence electrons. The van der Waals surface area contributed by atoms with E-state index >= 15 is 0 Å². The zero-order valence-electron chi connectivity index (χ0n) is 10.4. The summed E-state index contributed by atoms with van der Waals surface area (Å²) in [6.45, 7) is 0.231. The minimum absolute atomic E-state index is 0.150. The standard InChI is InChI=1S/C15H10N2O3/c18-15-10-2-1-5-16-12(10)7-11(17-15)9-3-4-13-14(6-9)20-8-19-13/h1-7H,8H2,(H,17,18). The molecule has 20 heavy (non-hydrogen) atoms. The van der Waals surface area contributed by atoms with Crippen LogP contribution in [0.2, 0.25) is 0 Å². The summed E-state index contributed by atoms with van der Waals surface area (Å²) in [5.41, 5.74) is 2.09. The number of benzene rings is 1. The maximum Gasteiger partial charge on any atom is 0.257 e. The first-order valence-corrected chi connectivity index (χ1v) is 6.19. The number of hydrogen-bond acceptors (Lipinski definition) is 4. The number of rotatable bonds is 1. The van der Waals surface area contributed by atoms with Gasteiger partial charge in [-0.25, -0.2) is 0 Å². The second-order valence-corrected chi connectivity index (χ2v) is 4.52. The predicted molar refractivity (Wildman–Crippen MR) is 73.9 cm³/mol. The van der Waals surface area contributed by atoms with Gasteiger partial charge in [0.05, 0.1) is 16.6 Å². The van der Waals surface area contributed by atoms with Gasteiger partial charge in [0, 0.05) is 11.8 Å². The Morgan fingerprint density at radius 3 is 2.95 bits per heavy atom. The predicted octanol–water partition coefficient (Wildman–Crippen LogP) is 2.32. The van der Waals surface area contributed by atoms with Crippen LogP contribution in [0.1, 0.15) is 0 Å². The summed E-state index contributed by atoms with van der Waals surface area (Å²) in [7, 11) is 0. The Labute approximate surface area is 113 Å². The molecule has 1 aromatic carbocycles. The van der Waals surface area contributed by atoms with E-state index in [1.54, 1.807) is 18.3 Å². The molecule has 1 aliphatic heterocycles. The van der Waals surface area contributed by atoms with E-state index in [1.165, 1.54) is 0 Å². The van der Waals surface area contributed by atoms with Crippen LogP contribution in [-0.4, -0.2) is 16.8 Å². The average molecular weight is 266 g/mol. The molecule has 0 fully saturated rings. The number of pyridine rings is 2. The van der Waals surface area contributed by atoms with Gasteiger partial charge >= 0.3 is 0 Å². The summed E-state index contributed by atoms with van der Waals surface area (Å²) in [5.74, 6) is 1.40. The van der Waals surface area contributed by atoms with E-state index in [0.717, 1.165) is 11.3 Å². The summed E-state index contributed by atoms with van der Waals surface area (Å²) in [6, 6.07) is 10.9. The van der Waals surface area contributed by atoms with Gasteiger partial charge in [-0.2, -0.15) is 0 Å². The van der Waals surface area contributed by atoms with E-state index in [0.29, 0.717) is 22.3 Å². The number of H-pyrrole nitrogens is 1. The Balaban J connectivity index is 1.92. The summed E-state index contributed by atoms with van der Waals surface area (Å²) in [6.07, 6.45) is 1.67. The Morgan fingerprint density at radius 2 is 2.00 bits per heavy atom. The first-order chi connectivity index (χ1) is 9.81. The van der Waals surface area contributed by atoms with Crippen LogP contribution in [0.4, 0.5) is 0 Å². The van der Waals surface area contributed by atoms with Gasteiger partial charge in [0.2, 0.25) is 6.79 Å². The number of nitrogens with zero attached hydrogens (tertiary/aromatic N) is 1. The largest absolute Gasteiger partial charge is 0.454 e. The molecule has 0 spiro atoms. The normalized spacial score (nSPS) is 12.8. The van der Waals surface area contributed by atoms with E-state index in [4.69, 9.17) is 9.47 Å². The minimum Gasteiger partial charge on any atom is -0.454 e. The molecule has 1 aliphatic rings. The van der Waals surface area contributed by atoms with Crippen LogP contribution in [0, 0.1) is 0 Å². The highest BCUT2D eigenvalue weighted by molar-refractivity contribution is 5.81. The van der Waals surface area contributed by atoms with E-state index in [9.17, 15) is 4.79 Å². The highest BCUT2D eigenvalue weighted by Crippen LogP contribution is 2.35. The molecule has 0 amide bonds. The molecular weight excluding hydrogens is 256 g/mol. The van der Waals surface area contributed by atoms with Gasteiger partial charge in [0.15, 0.2) is 11.5 Å². The van der Waals surface area contributed by atoms with Crippen molar-refractivity contribution in [3.63, 3.8) is 0 Å². The van der Waals surface area contributed by atoms with Crippen LogP contribution < -0.4 is 15.0 Å². The molecule has 4 rings (SSSR count). The fourth-order valence-corrected chi connectivity index (χ4v) is 2.31. The number of hydrogen-bond donors (Lipinski definition) is 1. The van der Waals surface area contributed by atoms with Crippen LogP contribution in [-0.2, 0) is 0 Å². The second-order valence-electron chi connectivity index (χ2n) is 4.52. The SMILES string of the molecule is O=c1[nH]c(-c2ccc3c(c2)OCO3)cc2ncccc12. The van der Waals surface area contributed by atoms with Crippen LogP contribution in [0.15, 0.2) is 47.4 Å². The summed E-state index contributed by atoms with van der Waals surface area (Å²) >= 11 is 0. The third kappa shape index (κ3) is 1.64. The molecule has 0 aliphatic carbocycles. The van der Waals surface area contributed by atoms with Gasteiger partial charge in [0.25, 0.3) is 5.56 Å². The van der Waals surface area contributed by atoms with Gasteiger partial charge in [-0.3, -0.25) is 9.78 Å². The summed E-state index contributed by atoms with van der Waals surface area (Å²) < 4.78 is 10.6. The minimum atomic E-state index is -0.150. The van der Waals surface area contributed by atoms with E-state index in [1.807, 2.05) is 24.3 Å².